The molecule has 2 fully saturated rings. The van der Waals surface area contributed by atoms with Crippen molar-refractivity contribution >= 4 is 11.8 Å². The molecule has 0 saturated heterocycles. The number of benzene rings is 1. The molecule has 0 radical (unpaired) electrons. The van der Waals surface area contributed by atoms with E-state index in [1.807, 2.05) is 6.07 Å². The van der Waals surface area contributed by atoms with Gasteiger partial charge in [0.05, 0.1) is 5.92 Å². The van der Waals surface area contributed by atoms with Gasteiger partial charge in [0.15, 0.2) is 0 Å². The van der Waals surface area contributed by atoms with E-state index in [-0.39, 0.29) is 17.9 Å². The quantitative estimate of drug-likeness (QED) is 0.839. The van der Waals surface area contributed by atoms with Crippen molar-refractivity contribution in [3.63, 3.8) is 0 Å². The summed E-state index contributed by atoms with van der Waals surface area (Å²) >= 11 is 0. The SMILES string of the molecule is O=C(NC1CCC(c2ccccc2)CC1)C1C=CN(CC2CC2)C(=O)C1O. The van der Waals surface area contributed by atoms with E-state index in [2.05, 4.69) is 29.6 Å². The zero-order valence-corrected chi connectivity index (χ0v) is 15.6. The van der Waals surface area contributed by atoms with E-state index in [9.17, 15) is 14.7 Å². The maximum atomic E-state index is 12.6. The van der Waals surface area contributed by atoms with E-state index in [1.165, 1.54) is 5.56 Å². The van der Waals surface area contributed by atoms with Crippen LogP contribution in [0.3, 0.4) is 0 Å². The van der Waals surface area contributed by atoms with Crippen LogP contribution in [0, 0.1) is 11.8 Å². The second-order valence-corrected chi connectivity index (χ2v) is 8.21. The second kappa shape index (κ2) is 7.85. The van der Waals surface area contributed by atoms with Gasteiger partial charge in [-0.25, -0.2) is 0 Å². The third kappa shape index (κ3) is 4.24. The molecule has 27 heavy (non-hydrogen) atoms. The number of aliphatic hydroxyl groups excluding tert-OH is 1. The monoisotopic (exact) mass is 368 g/mol. The number of amides is 2. The zero-order valence-electron chi connectivity index (χ0n) is 15.6. The normalized spacial score (nSPS) is 31.0. The minimum Gasteiger partial charge on any atom is -0.382 e. The molecule has 2 N–H and O–H groups in total. The molecule has 2 saturated carbocycles. The first-order chi connectivity index (χ1) is 13.1. The lowest BCUT2D eigenvalue weighted by Gasteiger charge is -2.33. The fourth-order valence-corrected chi connectivity index (χ4v) is 4.25. The Hall–Kier alpha value is -2.14. The Kier molecular flexibility index (Phi) is 5.30. The van der Waals surface area contributed by atoms with Crippen molar-refractivity contribution < 1.29 is 14.7 Å². The lowest BCUT2D eigenvalue weighted by Crippen LogP contribution is -2.50. The molecular formula is C22H28N2O3. The Morgan fingerprint density at radius 3 is 2.44 bits per heavy atom. The highest BCUT2D eigenvalue weighted by Crippen LogP contribution is 2.33. The summed E-state index contributed by atoms with van der Waals surface area (Å²) < 4.78 is 0. The Morgan fingerprint density at radius 1 is 1.07 bits per heavy atom. The molecule has 0 bridgehead atoms. The highest BCUT2D eigenvalue weighted by molar-refractivity contribution is 5.92. The molecule has 0 aromatic heterocycles. The van der Waals surface area contributed by atoms with Gasteiger partial charge in [0.2, 0.25) is 5.91 Å². The summed E-state index contributed by atoms with van der Waals surface area (Å²) in [5, 5.41) is 13.4. The number of nitrogens with one attached hydrogen (secondary N) is 1. The molecule has 2 aliphatic carbocycles. The highest BCUT2D eigenvalue weighted by Gasteiger charge is 2.38. The molecule has 4 rings (SSSR count). The number of carbonyl (C=O) groups excluding carboxylic acids is 2. The minimum atomic E-state index is -1.27. The van der Waals surface area contributed by atoms with Gasteiger partial charge in [-0.05, 0) is 55.9 Å². The van der Waals surface area contributed by atoms with Gasteiger partial charge in [0.1, 0.15) is 6.10 Å². The first-order valence-corrected chi connectivity index (χ1v) is 10.1. The van der Waals surface area contributed by atoms with Crippen molar-refractivity contribution in [2.24, 2.45) is 11.8 Å². The van der Waals surface area contributed by atoms with E-state index < -0.39 is 12.0 Å². The predicted octanol–water partition coefficient (Wildman–Crippen LogP) is 2.57. The van der Waals surface area contributed by atoms with E-state index in [4.69, 9.17) is 0 Å². The van der Waals surface area contributed by atoms with Crippen molar-refractivity contribution in [1.82, 2.24) is 10.2 Å². The molecule has 2 unspecified atom stereocenters. The van der Waals surface area contributed by atoms with Crippen LogP contribution in [0.2, 0.25) is 0 Å². The number of hydrogen-bond donors (Lipinski definition) is 2. The third-order valence-electron chi connectivity index (χ3n) is 6.15. The summed E-state index contributed by atoms with van der Waals surface area (Å²) in [6, 6.07) is 10.6. The third-order valence-corrected chi connectivity index (χ3v) is 6.15. The first kappa shape index (κ1) is 18.2. The molecule has 5 nitrogen and oxygen atoms in total. The van der Waals surface area contributed by atoms with Crippen molar-refractivity contribution in [2.45, 2.75) is 56.6 Å². The molecule has 3 aliphatic rings. The van der Waals surface area contributed by atoms with E-state index in [0.29, 0.717) is 18.4 Å². The maximum absolute atomic E-state index is 12.6. The van der Waals surface area contributed by atoms with Crippen LogP contribution < -0.4 is 5.32 Å². The van der Waals surface area contributed by atoms with Crippen LogP contribution in [0.15, 0.2) is 42.6 Å². The molecule has 2 amide bonds. The number of rotatable bonds is 5. The van der Waals surface area contributed by atoms with Crippen molar-refractivity contribution in [3.05, 3.63) is 48.2 Å². The van der Waals surface area contributed by atoms with Gasteiger partial charge < -0.3 is 15.3 Å². The largest absolute Gasteiger partial charge is 0.382 e. The van der Waals surface area contributed by atoms with Gasteiger partial charge in [-0.2, -0.15) is 0 Å². The summed E-state index contributed by atoms with van der Waals surface area (Å²) in [6.45, 7) is 0.657. The van der Waals surface area contributed by atoms with Crippen LogP contribution in [0.4, 0.5) is 0 Å². The zero-order chi connectivity index (χ0) is 18.8. The van der Waals surface area contributed by atoms with Gasteiger partial charge in [0.25, 0.3) is 5.91 Å². The molecule has 5 heteroatoms. The van der Waals surface area contributed by atoms with E-state index in [1.54, 1.807) is 17.2 Å². The average molecular weight is 368 g/mol. The van der Waals surface area contributed by atoms with E-state index in [0.717, 1.165) is 38.5 Å². The number of aliphatic hydroxyl groups is 1. The van der Waals surface area contributed by atoms with Crippen LogP contribution >= 0.6 is 0 Å². The van der Waals surface area contributed by atoms with Crippen LogP contribution in [0.1, 0.15) is 50.0 Å². The van der Waals surface area contributed by atoms with Crippen molar-refractivity contribution in [2.75, 3.05) is 6.54 Å². The highest BCUT2D eigenvalue weighted by atomic mass is 16.3. The van der Waals surface area contributed by atoms with Crippen molar-refractivity contribution in [3.8, 4) is 0 Å². The fourth-order valence-electron chi connectivity index (χ4n) is 4.25. The summed E-state index contributed by atoms with van der Waals surface area (Å²) in [5.74, 6) is -0.258. The van der Waals surface area contributed by atoms with Gasteiger partial charge in [-0.1, -0.05) is 36.4 Å². The van der Waals surface area contributed by atoms with Gasteiger partial charge in [-0.15, -0.1) is 0 Å². The van der Waals surface area contributed by atoms with Crippen molar-refractivity contribution in [1.29, 1.82) is 0 Å². The number of carbonyl (C=O) groups is 2. The number of hydrogen-bond acceptors (Lipinski definition) is 3. The standard InChI is InChI=1S/C22H28N2O3/c25-20-19(12-13-24(22(20)27)14-15-6-7-15)21(26)23-18-10-8-17(9-11-18)16-4-2-1-3-5-16/h1-5,12-13,15,17-20,25H,6-11,14H2,(H,23,26). The molecule has 0 spiro atoms. The van der Waals surface area contributed by atoms with Gasteiger partial charge in [-0.3, -0.25) is 9.59 Å². The lowest BCUT2D eigenvalue weighted by atomic mass is 9.81. The number of nitrogens with zero attached hydrogens (tertiary/aromatic N) is 1. The van der Waals surface area contributed by atoms with Gasteiger partial charge >= 0.3 is 0 Å². The minimum absolute atomic E-state index is 0.123. The summed E-state index contributed by atoms with van der Waals surface area (Å²) in [7, 11) is 0. The topological polar surface area (TPSA) is 69.6 Å². The molecule has 1 heterocycles. The first-order valence-electron chi connectivity index (χ1n) is 10.1. The second-order valence-electron chi connectivity index (χ2n) is 8.21. The molecule has 144 valence electrons. The van der Waals surface area contributed by atoms with Crippen LogP contribution in [0.5, 0.6) is 0 Å². The molecule has 1 aromatic carbocycles. The average Bonchev–Trinajstić information content (AvgIpc) is 3.51. The van der Waals surface area contributed by atoms with Crippen LogP contribution in [0.25, 0.3) is 0 Å². The summed E-state index contributed by atoms with van der Waals surface area (Å²) in [4.78, 5) is 26.5. The molecule has 1 aromatic rings. The van der Waals surface area contributed by atoms with E-state index >= 15 is 0 Å². The predicted molar refractivity (Wildman–Crippen MR) is 103 cm³/mol. The fraction of sp³-hybridized carbons (Fsp3) is 0.545. The molecule has 1 aliphatic heterocycles. The van der Waals surface area contributed by atoms with Crippen LogP contribution in [-0.2, 0) is 9.59 Å². The maximum Gasteiger partial charge on any atom is 0.256 e. The summed E-state index contributed by atoms with van der Waals surface area (Å²) in [6.07, 6.45) is 8.34. The Bertz CT molecular complexity index is 706. The summed E-state index contributed by atoms with van der Waals surface area (Å²) in [5.41, 5.74) is 1.37. The Morgan fingerprint density at radius 2 is 1.78 bits per heavy atom. The van der Waals surface area contributed by atoms with Gasteiger partial charge in [0, 0.05) is 18.8 Å². The Balaban J connectivity index is 1.30. The molecule has 2 atom stereocenters. The molecular weight excluding hydrogens is 340 g/mol. The lowest BCUT2D eigenvalue weighted by molar-refractivity contribution is -0.146. The van der Waals surface area contributed by atoms with Crippen LogP contribution in [-0.4, -0.2) is 40.5 Å². The Labute approximate surface area is 160 Å². The smallest absolute Gasteiger partial charge is 0.256 e.